The van der Waals surface area contributed by atoms with Crippen LogP contribution in [0.25, 0.3) is 0 Å². The minimum absolute atomic E-state index is 0.0358. The van der Waals surface area contributed by atoms with Crippen molar-refractivity contribution in [1.29, 1.82) is 0 Å². The van der Waals surface area contributed by atoms with Crippen molar-refractivity contribution >= 4 is 23.6 Å². The fraction of sp³-hybridized carbons (Fsp3) is 0.407. The number of benzene rings is 2. The van der Waals surface area contributed by atoms with Crippen molar-refractivity contribution < 1.29 is 19.2 Å². The molecule has 2 aromatic carbocycles. The molecule has 180 valence electrons. The van der Waals surface area contributed by atoms with Gasteiger partial charge in [0.2, 0.25) is 11.8 Å². The molecule has 0 aromatic heterocycles. The van der Waals surface area contributed by atoms with E-state index >= 15 is 0 Å². The maximum atomic E-state index is 13.3. The number of nitrogens with zero attached hydrogens (tertiary/aromatic N) is 2. The van der Waals surface area contributed by atoms with E-state index in [-0.39, 0.29) is 42.6 Å². The first kappa shape index (κ1) is 25.1. The van der Waals surface area contributed by atoms with Crippen LogP contribution in [0.15, 0.2) is 48.5 Å². The molecule has 1 atom stereocenters. The van der Waals surface area contributed by atoms with Crippen molar-refractivity contribution in [3.05, 3.63) is 70.8 Å². The maximum absolute atomic E-state index is 13.3. The van der Waals surface area contributed by atoms with Gasteiger partial charge in [0, 0.05) is 25.6 Å². The van der Waals surface area contributed by atoms with Gasteiger partial charge in [0.1, 0.15) is 6.04 Å². The smallest absolute Gasteiger partial charge is 0.261 e. The molecule has 1 unspecified atom stereocenters. The Morgan fingerprint density at radius 1 is 1.00 bits per heavy atom. The first-order chi connectivity index (χ1) is 16.2. The predicted octanol–water partition coefficient (Wildman–Crippen LogP) is 3.70. The molecule has 0 radical (unpaired) electrons. The molecule has 7 nitrogen and oxygen atoms in total. The Labute approximate surface area is 201 Å². The zero-order chi connectivity index (χ0) is 24.8. The van der Waals surface area contributed by atoms with E-state index < -0.39 is 6.04 Å². The SMILES string of the molecule is CCC(C(=O)NC(C)C)N(Cc1cccc(C)c1)C(=O)CCCN1C(=O)c2ccccc2C1=O. The van der Waals surface area contributed by atoms with Crippen LogP contribution in [0.1, 0.15) is 71.9 Å². The predicted molar refractivity (Wildman–Crippen MR) is 130 cm³/mol. The van der Waals surface area contributed by atoms with Gasteiger partial charge in [0.05, 0.1) is 11.1 Å². The molecule has 0 saturated heterocycles. The van der Waals surface area contributed by atoms with Crippen molar-refractivity contribution in [3.8, 4) is 0 Å². The van der Waals surface area contributed by atoms with Gasteiger partial charge in [-0.2, -0.15) is 0 Å². The van der Waals surface area contributed by atoms with E-state index in [0.717, 1.165) is 11.1 Å². The Kier molecular flexibility index (Phi) is 8.21. The molecular weight excluding hydrogens is 430 g/mol. The Morgan fingerprint density at radius 3 is 2.21 bits per heavy atom. The Bertz CT molecular complexity index is 1040. The fourth-order valence-electron chi connectivity index (χ4n) is 4.28. The van der Waals surface area contributed by atoms with E-state index in [1.807, 2.05) is 52.0 Å². The number of hydrogen-bond acceptors (Lipinski definition) is 4. The second-order valence-electron chi connectivity index (χ2n) is 9.01. The molecular formula is C27H33N3O4. The van der Waals surface area contributed by atoms with Crippen LogP contribution in [-0.2, 0) is 16.1 Å². The Morgan fingerprint density at radius 2 is 1.65 bits per heavy atom. The van der Waals surface area contributed by atoms with Crippen molar-refractivity contribution in [1.82, 2.24) is 15.1 Å². The van der Waals surface area contributed by atoms with E-state index in [4.69, 9.17) is 0 Å². The van der Waals surface area contributed by atoms with E-state index in [1.165, 1.54) is 4.90 Å². The van der Waals surface area contributed by atoms with Gasteiger partial charge in [-0.1, -0.05) is 48.9 Å². The lowest BCUT2D eigenvalue weighted by atomic mass is 10.1. The quantitative estimate of drug-likeness (QED) is 0.545. The number of fused-ring (bicyclic) bond motifs is 1. The van der Waals surface area contributed by atoms with Crippen LogP contribution in [-0.4, -0.2) is 52.1 Å². The van der Waals surface area contributed by atoms with Crippen molar-refractivity contribution in [3.63, 3.8) is 0 Å². The first-order valence-electron chi connectivity index (χ1n) is 11.8. The molecule has 0 fully saturated rings. The second kappa shape index (κ2) is 11.1. The third-order valence-corrected chi connectivity index (χ3v) is 5.90. The van der Waals surface area contributed by atoms with Crippen LogP contribution in [0.3, 0.4) is 0 Å². The molecule has 0 spiro atoms. The number of aryl methyl sites for hydroxylation is 1. The molecule has 1 N–H and O–H groups in total. The molecule has 1 aliphatic heterocycles. The summed E-state index contributed by atoms with van der Waals surface area (Å²) in [5.74, 6) is -1.01. The molecule has 34 heavy (non-hydrogen) atoms. The van der Waals surface area contributed by atoms with Gasteiger partial charge in [0.25, 0.3) is 11.8 Å². The van der Waals surface area contributed by atoms with Crippen molar-refractivity contribution in [2.75, 3.05) is 6.54 Å². The monoisotopic (exact) mass is 463 g/mol. The minimum atomic E-state index is -0.602. The molecule has 4 amide bonds. The van der Waals surface area contributed by atoms with Crippen LogP contribution in [0.5, 0.6) is 0 Å². The lowest BCUT2D eigenvalue weighted by Crippen LogP contribution is -2.50. The van der Waals surface area contributed by atoms with Crippen LogP contribution >= 0.6 is 0 Å². The Balaban J connectivity index is 1.71. The number of carbonyl (C=O) groups excluding carboxylic acids is 4. The number of nitrogens with one attached hydrogen (secondary N) is 1. The topological polar surface area (TPSA) is 86.8 Å². The maximum Gasteiger partial charge on any atom is 0.261 e. The highest BCUT2D eigenvalue weighted by atomic mass is 16.2. The summed E-state index contributed by atoms with van der Waals surface area (Å²) in [6.45, 7) is 8.13. The highest BCUT2D eigenvalue weighted by molar-refractivity contribution is 6.21. The average molecular weight is 464 g/mol. The van der Waals surface area contributed by atoms with Crippen molar-refractivity contribution in [2.45, 2.75) is 65.6 Å². The van der Waals surface area contributed by atoms with Gasteiger partial charge in [-0.3, -0.25) is 24.1 Å². The van der Waals surface area contributed by atoms with E-state index in [9.17, 15) is 19.2 Å². The largest absolute Gasteiger partial charge is 0.352 e. The number of imide groups is 1. The molecule has 0 bridgehead atoms. The summed E-state index contributed by atoms with van der Waals surface area (Å²) >= 11 is 0. The van der Waals surface area contributed by atoms with Gasteiger partial charge in [-0.15, -0.1) is 0 Å². The molecule has 1 heterocycles. The number of rotatable bonds is 10. The number of carbonyl (C=O) groups is 4. The summed E-state index contributed by atoms with van der Waals surface area (Å²) in [6, 6.07) is 14.0. The summed E-state index contributed by atoms with van der Waals surface area (Å²) in [6.07, 6.45) is 0.941. The third-order valence-electron chi connectivity index (χ3n) is 5.90. The summed E-state index contributed by atoms with van der Waals surface area (Å²) in [7, 11) is 0. The van der Waals surface area contributed by atoms with Crippen LogP contribution in [0.4, 0.5) is 0 Å². The molecule has 3 rings (SSSR count). The van der Waals surface area contributed by atoms with Gasteiger partial charge >= 0.3 is 0 Å². The Hall–Kier alpha value is -3.48. The summed E-state index contributed by atoms with van der Waals surface area (Å²) in [5.41, 5.74) is 2.83. The van der Waals surface area contributed by atoms with Crippen molar-refractivity contribution in [2.24, 2.45) is 0 Å². The van der Waals surface area contributed by atoms with E-state index in [0.29, 0.717) is 30.5 Å². The van der Waals surface area contributed by atoms with Crippen LogP contribution in [0.2, 0.25) is 0 Å². The highest BCUT2D eigenvalue weighted by Crippen LogP contribution is 2.23. The zero-order valence-corrected chi connectivity index (χ0v) is 20.3. The summed E-state index contributed by atoms with van der Waals surface area (Å²) in [4.78, 5) is 54.2. The van der Waals surface area contributed by atoms with E-state index in [1.54, 1.807) is 29.2 Å². The molecule has 1 aliphatic rings. The molecule has 2 aromatic rings. The first-order valence-corrected chi connectivity index (χ1v) is 11.8. The second-order valence-corrected chi connectivity index (χ2v) is 9.01. The van der Waals surface area contributed by atoms with Gasteiger partial charge < -0.3 is 10.2 Å². The lowest BCUT2D eigenvalue weighted by molar-refractivity contribution is -0.141. The lowest BCUT2D eigenvalue weighted by Gasteiger charge is -2.31. The molecule has 0 aliphatic carbocycles. The third kappa shape index (κ3) is 5.71. The summed E-state index contributed by atoms with van der Waals surface area (Å²) in [5, 5.41) is 2.92. The zero-order valence-electron chi connectivity index (χ0n) is 20.3. The van der Waals surface area contributed by atoms with Crippen LogP contribution < -0.4 is 5.32 Å². The van der Waals surface area contributed by atoms with E-state index in [2.05, 4.69) is 5.32 Å². The molecule has 0 saturated carbocycles. The fourth-order valence-corrected chi connectivity index (χ4v) is 4.28. The number of hydrogen-bond donors (Lipinski definition) is 1. The normalized spacial score (nSPS) is 13.7. The highest BCUT2D eigenvalue weighted by Gasteiger charge is 2.35. The number of amides is 4. The van der Waals surface area contributed by atoms with Crippen LogP contribution in [0, 0.1) is 6.92 Å². The average Bonchev–Trinajstić information content (AvgIpc) is 3.03. The molecule has 7 heteroatoms. The van der Waals surface area contributed by atoms with Gasteiger partial charge in [-0.05, 0) is 51.3 Å². The standard InChI is InChI=1S/C27H33N3O4/c1-5-23(25(32)28-18(2)3)30(17-20-11-8-10-19(4)16-20)24(31)14-9-15-29-26(33)21-12-6-7-13-22(21)27(29)34/h6-8,10-13,16,18,23H,5,9,14-15,17H2,1-4H3,(H,28,32). The summed E-state index contributed by atoms with van der Waals surface area (Å²) < 4.78 is 0. The minimum Gasteiger partial charge on any atom is -0.352 e. The van der Waals surface area contributed by atoms with Gasteiger partial charge in [-0.25, -0.2) is 0 Å². The van der Waals surface area contributed by atoms with Gasteiger partial charge in [0.15, 0.2) is 0 Å².